The van der Waals surface area contributed by atoms with Crippen molar-refractivity contribution in [3.8, 4) is 5.75 Å². The fraction of sp³-hybridized carbons (Fsp3) is 0.588. The van der Waals surface area contributed by atoms with Gasteiger partial charge in [-0.3, -0.25) is 4.79 Å². The molecule has 112 valence electrons. The molecule has 0 spiro atoms. The molecule has 3 heteroatoms. The average Bonchev–Trinajstić information content (AvgIpc) is 2.42. The molecule has 1 rings (SSSR count). The van der Waals surface area contributed by atoms with Crippen LogP contribution < -0.4 is 4.74 Å². The van der Waals surface area contributed by atoms with Crippen LogP contribution in [0.5, 0.6) is 5.75 Å². The van der Waals surface area contributed by atoms with E-state index in [1.54, 1.807) is 0 Å². The van der Waals surface area contributed by atoms with Crippen LogP contribution in [-0.2, 0) is 0 Å². The van der Waals surface area contributed by atoms with Crippen LogP contribution in [-0.4, -0.2) is 36.9 Å². The van der Waals surface area contributed by atoms with Gasteiger partial charge in [0, 0.05) is 13.0 Å². The molecule has 0 N–H and O–H groups in total. The fourth-order valence-electron chi connectivity index (χ4n) is 2.43. The monoisotopic (exact) mass is 277 g/mol. The number of rotatable bonds is 8. The molecular weight excluding hydrogens is 250 g/mol. The molecule has 0 unspecified atom stereocenters. The number of carbonyl (C=O) groups is 1. The van der Waals surface area contributed by atoms with Gasteiger partial charge in [-0.25, -0.2) is 0 Å². The second kappa shape index (κ2) is 8.05. The standard InChI is InChI=1S/C17H27NO2/c1-6-18(7-2)10-9-16(19)15-12-13(4)11-14(5)17(15)20-8-3/h11-12H,6-10H2,1-5H3. The quantitative estimate of drug-likeness (QED) is 0.680. The molecule has 0 aliphatic carbocycles. The summed E-state index contributed by atoms with van der Waals surface area (Å²) >= 11 is 0. The van der Waals surface area contributed by atoms with E-state index in [2.05, 4.69) is 24.8 Å². The Morgan fingerprint density at radius 2 is 1.80 bits per heavy atom. The number of aryl methyl sites for hydroxylation is 2. The van der Waals surface area contributed by atoms with Crippen LogP contribution in [0.15, 0.2) is 12.1 Å². The summed E-state index contributed by atoms with van der Waals surface area (Å²) in [6.45, 7) is 13.6. The molecule has 0 bridgehead atoms. The van der Waals surface area contributed by atoms with Gasteiger partial charge in [0.1, 0.15) is 5.75 Å². The Hall–Kier alpha value is -1.35. The Morgan fingerprint density at radius 3 is 2.35 bits per heavy atom. The molecule has 0 radical (unpaired) electrons. The second-order valence-electron chi connectivity index (χ2n) is 5.09. The molecule has 3 nitrogen and oxygen atoms in total. The summed E-state index contributed by atoms with van der Waals surface area (Å²) in [4.78, 5) is 14.7. The van der Waals surface area contributed by atoms with Crippen LogP contribution in [0.4, 0.5) is 0 Å². The van der Waals surface area contributed by atoms with E-state index in [0.717, 1.165) is 42.1 Å². The Bertz CT molecular complexity index is 451. The summed E-state index contributed by atoms with van der Waals surface area (Å²) < 4.78 is 5.67. The Morgan fingerprint density at radius 1 is 1.15 bits per heavy atom. The minimum Gasteiger partial charge on any atom is -0.493 e. The SMILES string of the molecule is CCOc1c(C)cc(C)cc1C(=O)CCN(CC)CC. The number of ether oxygens (including phenoxy) is 1. The van der Waals surface area contributed by atoms with Crippen molar-refractivity contribution >= 4 is 5.78 Å². The van der Waals surface area contributed by atoms with Crippen molar-refractivity contribution in [1.82, 2.24) is 4.90 Å². The third-order valence-corrected chi connectivity index (χ3v) is 3.56. The van der Waals surface area contributed by atoms with Crippen molar-refractivity contribution in [2.75, 3.05) is 26.2 Å². The highest BCUT2D eigenvalue weighted by atomic mass is 16.5. The first kappa shape index (κ1) is 16.7. The predicted octanol–water partition coefficient (Wildman–Crippen LogP) is 3.62. The van der Waals surface area contributed by atoms with Crippen molar-refractivity contribution in [1.29, 1.82) is 0 Å². The van der Waals surface area contributed by atoms with Crippen molar-refractivity contribution in [3.63, 3.8) is 0 Å². The van der Waals surface area contributed by atoms with Crippen LogP contribution in [0.3, 0.4) is 0 Å². The average molecular weight is 277 g/mol. The van der Waals surface area contributed by atoms with Gasteiger partial charge in [0.05, 0.1) is 12.2 Å². The van der Waals surface area contributed by atoms with Crippen LogP contribution >= 0.6 is 0 Å². The topological polar surface area (TPSA) is 29.5 Å². The van der Waals surface area contributed by atoms with Gasteiger partial charge in [0.25, 0.3) is 0 Å². The van der Waals surface area contributed by atoms with E-state index in [4.69, 9.17) is 4.74 Å². The minimum absolute atomic E-state index is 0.173. The first-order chi connectivity index (χ1) is 9.53. The van der Waals surface area contributed by atoms with Gasteiger partial charge in [-0.15, -0.1) is 0 Å². The van der Waals surface area contributed by atoms with Crippen molar-refractivity contribution in [3.05, 3.63) is 28.8 Å². The third-order valence-electron chi connectivity index (χ3n) is 3.56. The van der Waals surface area contributed by atoms with Gasteiger partial charge in [-0.05, 0) is 51.1 Å². The van der Waals surface area contributed by atoms with E-state index in [0.29, 0.717) is 13.0 Å². The molecule has 0 atom stereocenters. The van der Waals surface area contributed by atoms with E-state index in [9.17, 15) is 4.79 Å². The van der Waals surface area contributed by atoms with Crippen LogP contribution in [0.25, 0.3) is 0 Å². The molecule has 0 saturated heterocycles. The first-order valence-corrected chi connectivity index (χ1v) is 7.53. The number of benzene rings is 1. The maximum atomic E-state index is 12.5. The Balaban J connectivity index is 2.91. The Kier molecular flexibility index (Phi) is 6.73. The lowest BCUT2D eigenvalue weighted by molar-refractivity contribution is 0.0962. The van der Waals surface area contributed by atoms with Crippen LogP contribution in [0, 0.1) is 13.8 Å². The number of nitrogens with zero attached hydrogens (tertiary/aromatic N) is 1. The van der Waals surface area contributed by atoms with E-state index >= 15 is 0 Å². The van der Waals surface area contributed by atoms with Gasteiger partial charge in [-0.1, -0.05) is 19.9 Å². The summed E-state index contributed by atoms with van der Waals surface area (Å²) in [5.41, 5.74) is 2.88. The number of ketones is 1. The minimum atomic E-state index is 0.173. The highest BCUT2D eigenvalue weighted by Crippen LogP contribution is 2.26. The molecule has 0 heterocycles. The molecule has 0 aliphatic rings. The summed E-state index contributed by atoms with van der Waals surface area (Å²) in [5, 5.41) is 0. The van der Waals surface area contributed by atoms with Gasteiger partial charge >= 0.3 is 0 Å². The normalized spacial score (nSPS) is 10.9. The summed E-state index contributed by atoms with van der Waals surface area (Å²) in [7, 11) is 0. The number of Topliss-reactive ketones (excluding diaryl/α,β-unsaturated/α-hetero) is 1. The molecule has 20 heavy (non-hydrogen) atoms. The largest absolute Gasteiger partial charge is 0.493 e. The highest BCUT2D eigenvalue weighted by Gasteiger charge is 2.16. The third kappa shape index (κ3) is 4.34. The Labute approximate surface area is 122 Å². The van der Waals surface area contributed by atoms with Crippen molar-refractivity contribution in [2.45, 2.75) is 41.0 Å². The predicted molar refractivity (Wildman–Crippen MR) is 83.8 cm³/mol. The lowest BCUT2D eigenvalue weighted by Crippen LogP contribution is -2.26. The van der Waals surface area contributed by atoms with Crippen LogP contribution in [0.1, 0.15) is 48.7 Å². The zero-order chi connectivity index (χ0) is 15.1. The summed E-state index contributed by atoms with van der Waals surface area (Å²) in [6, 6.07) is 4.01. The molecule has 1 aromatic carbocycles. The van der Waals surface area contributed by atoms with Gasteiger partial charge in [0.2, 0.25) is 0 Å². The van der Waals surface area contributed by atoms with Gasteiger partial charge in [0.15, 0.2) is 5.78 Å². The molecular formula is C17H27NO2. The fourth-order valence-corrected chi connectivity index (χ4v) is 2.43. The molecule has 0 aromatic heterocycles. The van der Waals surface area contributed by atoms with Crippen molar-refractivity contribution in [2.24, 2.45) is 0 Å². The molecule has 1 aromatic rings. The maximum absolute atomic E-state index is 12.5. The highest BCUT2D eigenvalue weighted by molar-refractivity contribution is 5.99. The first-order valence-electron chi connectivity index (χ1n) is 7.53. The van der Waals surface area contributed by atoms with Crippen LogP contribution in [0.2, 0.25) is 0 Å². The molecule has 0 saturated carbocycles. The number of hydrogen-bond donors (Lipinski definition) is 0. The van der Waals surface area contributed by atoms with Gasteiger partial charge in [-0.2, -0.15) is 0 Å². The number of hydrogen-bond acceptors (Lipinski definition) is 3. The maximum Gasteiger partial charge on any atom is 0.167 e. The smallest absolute Gasteiger partial charge is 0.167 e. The van der Waals surface area contributed by atoms with E-state index < -0.39 is 0 Å². The van der Waals surface area contributed by atoms with E-state index in [1.807, 2.05) is 26.8 Å². The lowest BCUT2D eigenvalue weighted by atomic mass is 10.0. The second-order valence-corrected chi connectivity index (χ2v) is 5.09. The molecule has 0 aliphatic heterocycles. The molecule has 0 fully saturated rings. The van der Waals surface area contributed by atoms with Gasteiger partial charge < -0.3 is 9.64 Å². The summed E-state index contributed by atoms with van der Waals surface area (Å²) in [5.74, 6) is 0.926. The molecule has 0 amide bonds. The number of carbonyl (C=O) groups excluding carboxylic acids is 1. The van der Waals surface area contributed by atoms with Crippen molar-refractivity contribution < 1.29 is 9.53 Å². The van der Waals surface area contributed by atoms with E-state index in [-0.39, 0.29) is 5.78 Å². The van der Waals surface area contributed by atoms with E-state index in [1.165, 1.54) is 0 Å². The summed E-state index contributed by atoms with van der Waals surface area (Å²) in [6.07, 6.45) is 0.546. The lowest BCUT2D eigenvalue weighted by Gasteiger charge is -2.18. The zero-order valence-corrected chi connectivity index (χ0v) is 13.5. The zero-order valence-electron chi connectivity index (χ0n) is 13.5.